The SMILES string of the molecule is CN1CCN(c2cccc3[nH]c(-c4[nH]nc5ncc(-c6cncc(OCc7ccccc7)c6)cc45)cc23)CC1. The number of aromatic nitrogens is 5. The van der Waals surface area contributed by atoms with Gasteiger partial charge in [0.25, 0.3) is 0 Å². The van der Waals surface area contributed by atoms with Gasteiger partial charge in [-0.2, -0.15) is 5.10 Å². The largest absolute Gasteiger partial charge is 0.487 e. The molecule has 2 aromatic carbocycles. The van der Waals surface area contributed by atoms with Gasteiger partial charge in [0.2, 0.25) is 0 Å². The molecular formula is C31H29N7O. The number of fused-ring (bicyclic) bond motifs is 2. The maximum Gasteiger partial charge on any atom is 0.181 e. The molecule has 6 aromatic rings. The van der Waals surface area contributed by atoms with Crippen LogP contribution in [0.15, 0.2) is 85.3 Å². The zero-order valence-electron chi connectivity index (χ0n) is 21.8. The van der Waals surface area contributed by atoms with Gasteiger partial charge in [0, 0.05) is 71.7 Å². The molecule has 8 heteroatoms. The number of hydrogen-bond donors (Lipinski definition) is 2. The fraction of sp³-hybridized carbons (Fsp3) is 0.194. The normalized spacial score (nSPS) is 14.3. The van der Waals surface area contributed by atoms with Gasteiger partial charge in [-0.3, -0.25) is 10.1 Å². The van der Waals surface area contributed by atoms with Crippen LogP contribution < -0.4 is 9.64 Å². The van der Waals surface area contributed by atoms with Crippen molar-refractivity contribution in [2.24, 2.45) is 0 Å². The minimum Gasteiger partial charge on any atom is -0.487 e. The molecule has 0 radical (unpaired) electrons. The van der Waals surface area contributed by atoms with Crippen molar-refractivity contribution >= 4 is 27.6 Å². The minimum atomic E-state index is 0.492. The average Bonchev–Trinajstić information content (AvgIpc) is 3.61. The highest BCUT2D eigenvalue weighted by molar-refractivity contribution is 6.00. The summed E-state index contributed by atoms with van der Waals surface area (Å²) in [4.78, 5) is 17.5. The summed E-state index contributed by atoms with van der Waals surface area (Å²) >= 11 is 0. The molecule has 39 heavy (non-hydrogen) atoms. The number of H-pyrrole nitrogens is 2. The monoisotopic (exact) mass is 515 g/mol. The number of likely N-dealkylation sites (N-methyl/N-ethyl adjacent to an activating group) is 1. The Kier molecular flexibility index (Phi) is 5.94. The van der Waals surface area contributed by atoms with Crippen molar-refractivity contribution in [1.82, 2.24) is 30.0 Å². The van der Waals surface area contributed by atoms with Gasteiger partial charge in [-0.05, 0) is 42.9 Å². The number of rotatable bonds is 6. The first kappa shape index (κ1) is 23.4. The van der Waals surface area contributed by atoms with E-state index in [0.29, 0.717) is 12.3 Å². The summed E-state index contributed by atoms with van der Waals surface area (Å²) in [5.41, 5.74) is 7.98. The Morgan fingerprint density at radius 3 is 2.56 bits per heavy atom. The van der Waals surface area contributed by atoms with Crippen LogP contribution >= 0.6 is 0 Å². The van der Waals surface area contributed by atoms with Gasteiger partial charge in [0.05, 0.1) is 17.6 Å². The molecule has 0 unspecified atom stereocenters. The second kappa shape index (κ2) is 9.89. The van der Waals surface area contributed by atoms with Crippen LogP contribution in [0.3, 0.4) is 0 Å². The fourth-order valence-electron chi connectivity index (χ4n) is 5.26. The van der Waals surface area contributed by atoms with Crippen molar-refractivity contribution in [1.29, 1.82) is 0 Å². The average molecular weight is 516 g/mol. The van der Waals surface area contributed by atoms with E-state index in [4.69, 9.17) is 4.74 Å². The maximum atomic E-state index is 6.01. The quantitative estimate of drug-likeness (QED) is 0.305. The highest BCUT2D eigenvalue weighted by Crippen LogP contribution is 2.35. The molecule has 1 fully saturated rings. The Hall–Kier alpha value is -4.69. The van der Waals surface area contributed by atoms with E-state index in [9.17, 15) is 0 Å². The van der Waals surface area contributed by atoms with Crippen molar-refractivity contribution in [3.05, 3.63) is 90.9 Å². The van der Waals surface area contributed by atoms with Crippen LogP contribution in [0.5, 0.6) is 5.75 Å². The van der Waals surface area contributed by atoms with E-state index >= 15 is 0 Å². The zero-order valence-corrected chi connectivity index (χ0v) is 21.8. The Balaban J connectivity index is 1.20. The standard InChI is InChI=1S/C31H29N7O/c1-37-10-12-38(13-11-37)29-9-5-8-27-25(29)16-28(34-27)30-26-15-23(18-33-31(26)36-35-30)22-14-24(19-32-17-22)39-20-21-6-3-2-4-7-21/h2-9,14-19,34H,10-13,20H2,1H3,(H,33,35,36). The number of aromatic amines is 2. The number of benzene rings is 2. The molecule has 8 nitrogen and oxygen atoms in total. The molecule has 0 atom stereocenters. The van der Waals surface area contributed by atoms with Gasteiger partial charge in [0.15, 0.2) is 5.65 Å². The predicted octanol–water partition coefficient (Wildman–Crippen LogP) is 5.50. The summed E-state index contributed by atoms with van der Waals surface area (Å²) < 4.78 is 6.01. The van der Waals surface area contributed by atoms with E-state index in [2.05, 4.69) is 72.3 Å². The third-order valence-corrected chi connectivity index (χ3v) is 7.46. The van der Waals surface area contributed by atoms with Gasteiger partial charge >= 0.3 is 0 Å². The first-order chi connectivity index (χ1) is 19.2. The van der Waals surface area contributed by atoms with Crippen molar-refractivity contribution in [3.63, 3.8) is 0 Å². The summed E-state index contributed by atoms with van der Waals surface area (Å²) in [5.74, 6) is 0.718. The molecule has 4 aromatic heterocycles. The number of piperazine rings is 1. The number of nitrogens with one attached hydrogen (secondary N) is 2. The van der Waals surface area contributed by atoms with E-state index in [0.717, 1.165) is 70.9 Å². The molecule has 7 rings (SSSR count). The highest BCUT2D eigenvalue weighted by Gasteiger charge is 2.19. The van der Waals surface area contributed by atoms with Gasteiger partial charge < -0.3 is 19.5 Å². The lowest BCUT2D eigenvalue weighted by Gasteiger charge is -2.34. The highest BCUT2D eigenvalue weighted by atomic mass is 16.5. The smallest absolute Gasteiger partial charge is 0.181 e. The Bertz CT molecular complexity index is 1750. The number of anilines is 1. The third-order valence-electron chi connectivity index (χ3n) is 7.46. The first-order valence-electron chi connectivity index (χ1n) is 13.2. The summed E-state index contributed by atoms with van der Waals surface area (Å²) in [6.45, 7) is 4.68. The number of ether oxygens (including phenoxy) is 1. The fourth-order valence-corrected chi connectivity index (χ4v) is 5.26. The molecule has 5 heterocycles. The Labute approximate surface area is 226 Å². The summed E-state index contributed by atoms with van der Waals surface area (Å²) in [6, 6.07) is 22.9. The van der Waals surface area contributed by atoms with E-state index in [1.54, 1.807) is 6.20 Å². The lowest BCUT2D eigenvalue weighted by Crippen LogP contribution is -2.44. The van der Waals surface area contributed by atoms with E-state index in [1.165, 1.54) is 11.1 Å². The molecule has 1 aliphatic heterocycles. The van der Waals surface area contributed by atoms with Crippen molar-refractivity contribution < 1.29 is 4.74 Å². The maximum absolute atomic E-state index is 6.01. The topological polar surface area (TPSA) is 86.0 Å². The minimum absolute atomic E-state index is 0.492. The molecule has 194 valence electrons. The lowest BCUT2D eigenvalue weighted by molar-refractivity contribution is 0.305. The van der Waals surface area contributed by atoms with Crippen LogP contribution in [0.4, 0.5) is 5.69 Å². The van der Waals surface area contributed by atoms with Gasteiger partial charge in [0.1, 0.15) is 12.4 Å². The molecule has 2 N–H and O–H groups in total. The van der Waals surface area contributed by atoms with E-state index in [1.807, 2.05) is 48.8 Å². The lowest BCUT2D eigenvalue weighted by atomic mass is 10.1. The van der Waals surface area contributed by atoms with Crippen molar-refractivity contribution in [2.75, 3.05) is 38.1 Å². The summed E-state index contributed by atoms with van der Waals surface area (Å²) in [5, 5.41) is 9.88. The van der Waals surface area contributed by atoms with E-state index < -0.39 is 0 Å². The number of hydrogen-bond acceptors (Lipinski definition) is 6. The molecule has 0 amide bonds. The molecule has 0 bridgehead atoms. The van der Waals surface area contributed by atoms with Gasteiger partial charge in [-0.1, -0.05) is 36.4 Å². The van der Waals surface area contributed by atoms with Gasteiger partial charge in [-0.15, -0.1) is 0 Å². The van der Waals surface area contributed by atoms with Gasteiger partial charge in [-0.25, -0.2) is 4.98 Å². The Morgan fingerprint density at radius 2 is 1.69 bits per heavy atom. The first-order valence-corrected chi connectivity index (χ1v) is 13.2. The molecular weight excluding hydrogens is 486 g/mol. The van der Waals surface area contributed by atoms with Crippen LogP contribution in [0, 0.1) is 0 Å². The molecule has 1 saturated heterocycles. The van der Waals surface area contributed by atoms with Crippen LogP contribution in [0.25, 0.3) is 44.5 Å². The molecule has 0 aliphatic carbocycles. The third kappa shape index (κ3) is 4.59. The van der Waals surface area contributed by atoms with Crippen molar-refractivity contribution in [2.45, 2.75) is 6.61 Å². The second-order valence-electron chi connectivity index (χ2n) is 10.1. The second-order valence-corrected chi connectivity index (χ2v) is 10.1. The van der Waals surface area contributed by atoms with Crippen LogP contribution in [-0.2, 0) is 6.61 Å². The number of pyridine rings is 2. The summed E-state index contributed by atoms with van der Waals surface area (Å²) in [7, 11) is 2.18. The molecule has 0 saturated carbocycles. The number of nitrogens with zero attached hydrogens (tertiary/aromatic N) is 5. The Morgan fingerprint density at radius 1 is 0.846 bits per heavy atom. The van der Waals surface area contributed by atoms with Crippen LogP contribution in [-0.4, -0.2) is 63.3 Å². The van der Waals surface area contributed by atoms with Crippen LogP contribution in [0.1, 0.15) is 5.56 Å². The van der Waals surface area contributed by atoms with Crippen molar-refractivity contribution in [3.8, 4) is 28.3 Å². The molecule has 0 spiro atoms. The summed E-state index contributed by atoms with van der Waals surface area (Å²) in [6.07, 6.45) is 5.41. The van der Waals surface area contributed by atoms with Crippen LogP contribution in [0.2, 0.25) is 0 Å². The molecule has 1 aliphatic rings. The van der Waals surface area contributed by atoms with E-state index in [-0.39, 0.29) is 0 Å². The zero-order chi connectivity index (χ0) is 26.2. The predicted molar refractivity (Wildman–Crippen MR) is 155 cm³/mol.